The number of aliphatic hydroxyl groups is 1. The molecule has 0 heterocycles. The lowest BCUT2D eigenvalue weighted by Crippen LogP contribution is -2.23. The van der Waals surface area contributed by atoms with Gasteiger partial charge in [-0.25, -0.2) is 4.79 Å². The highest BCUT2D eigenvalue weighted by atomic mass is 16.6. The van der Waals surface area contributed by atoms with Gasteiger partial charge >= 0.3 is 5.97 Å². The average Bonchev–Trinajstić information content (AvgIpc) is 2.16. The Morgan fingerprint density at radius 1 is 1.25 bits per heavy atom. The Morgan fingerprint density at radius 2 is 1.81 bits per heavy atom. The molecule has 0 spiro atoms. The minimum absolute atomic E-state index is 0.154. The summed E-state index contributed by atoms with van der Waals surface area (Å²) in [6.07, 6.45) is 6.70. The van der Waals surface area contributed by atoms with E-state index in [9.17, 15) is 9.90 Å². The van der Waals surface area contributed by atoms with Crippen LogP contribution in [-0.4, -0.2) is 16.7 Å². The maximum atomic E-state index is 11.5. The molecule has 0 saturated heterocycles. The van der Waals surface area contributed by atoms with Gasteiger partial charge in [0.05, 0.1) is 6.08 Å². The molecule has 0 atom stereocenters. The van der Waals surface area contributed by atoms with E-state index in [1.807, 2.05) is 20.8 Å². The van der Waals surface area contributed by atoms with Gasteiger partial charge in [0.25, 0.3) is 0 Å². The monoisotopic (exact) mass is 226 g/mol. The van der Waals surface area contributed by atoms with E-state index in [1.54, 1.807) is 0 Å². The first-order chi connectivity index (χ1) is 7.38. The fraction of sp³-hybridized carbons (Fsp3) is 0.769. The lowest BCUT2D eigenvalue weighted by atomic mass is 9.88. The molecule has 1 fully saturated rings. The summed E-state index contributed by atoms with van der Waals surface area (Å²) < 4.78 is 5.12. The maximum absolute atomic E-state index is 11.5. The molecule has 3 nitrogen and oxygen atoms in total. The number of rotatable bonds is 2. The summed E-state index contributed by atoms with van der Waals surface area (Å²) in [6, 6.07) is 0. The number of hydrogen-bond donors (Lipinski definition) is 1. The van der Waals surface area contributed by atoms with E-state index in [2.05, 4.69) is 0 Å². The van der Waals surface area contributed by atoms with Crippen molar-refractivity contribution in [2.75, 3.05) is 0 Å². The minimum Gasteiger partial charge on any atom is -0.512 e. The molecule has 1 saturated carbocycles. The summed E-state index contributed by atoms with van der Waals surface area (Å²) in [5.74, 6) is -0.106. The zero-order valence-corrected chi connectivity index (χ0v) is 10.5. The fourth-order valence-corrected chi connectivity index (χ4v) is 1.97. The molecule has 3 heteroatoms. The molecule has 1 N–H and O–H groups in total. The van der Waals surface area contributed by atoms with E-state index < -0.39 is 11.6 Å². The van der Waals surface area contributed by atoms with Crippen LogP contribution in [0.4, 0.5) is 0 Å². The van der Waals surface area contributed by atoms with E-state index in [0.717, 1.165) is 25.7 Å². The first-order valence-corrected chi connectivity index (χ1v) is 6.02. The Labute approximate surface area is 97.5 Å². The number of allylic oxidation sites excluding steroid dienone is 1. The van der Waals surface area contributed by atoms with E-state index in [0.29, 0.717) is 0 Å². The smallest absolute Gasteiger partial charge is 0.334 e. The van der Waals surface area contributed by atoms with Crippen molar-refractivity contribution in [2.45, 2.75) is 58.5 Å². The van der Waals surface area contributed by atoms with E-state index in [-0.39, 0.29) is 11.7 Å². The van der Waals surface area contributed by atoms with Crippen LogP contribution >= 0.6 is 0 Å². The summed E-state index contributed by atoms with van der Waals surface area (Å²) in [6.45, 7) is 5.45. The van der Waals surface area contributed by atoms with Crippen molar-refractivity contribution in [1.29, 1.82) is 0 Å². The topological polar surface area (TPSA) is 46.5 Å². The van der Waals surface area contributed by atoms with E-state index in [1.165, 1.54) is 12.5 Å². The average molecular weight is 226 g/mol. The summed E-state index contributed by atoms with van der Waals surface area (Å²) in [4.78, 5) is 11.5. The van der Waals surface area contributed by atoms with Crippen molar-refractivity contribution >= 4 is 5.97 Å². The molecule has 16 heavy (non-hydrogen) atoms. The van der Waals surface area contributed by atoms with Crippen LogP contribution in [0.5, 0.6) is 0 Å². The van der Waals surface area contributed by atoms with Gasteiger partial charge in [0, 0.05) is 5.92 Å². The second kappa shape index (κ2) is 5.37. The highest BCUT2D eigenvalue weighted by Gasteiger charge is 2.20. The molecule has 0 bridgehead atoms. The van der Waals surface area contributed by atoms with Crippen molar-refractivity contribution in [1.82, 2.24) is 0 Å². The Bertz CT molecular complexity index is 267. The third-order valence-electron chi connectivity index (χ3n) is 2.70. The van der Waals surface area contributed by atoms with Gasteiger partial charge in [-0.05, 0) is 33.6 Å². The normalized spacial score (nSPS) is 19.6. The minimum atomic E-state index is -0.500. The molecule has 92 valence electrons. The molecule has 0 aromatic heterocycles. The molecule has 0 aromatic carbocycles. The third kappa shape index (κ3) is 4.69. The maximum Gasteiger partial charge on any atom is 0.334 e. The van der Waals surface area contributed by atoms with Gasteiger partial charge in [-0.1, -0.05) is 19.3 Å². The molecule has 0 unspecified atom stereocenters. The Balaban J connectivity index is 2.51. The first kappa shape index (κ1) is 13.1. The van der Waals surface area contributed by atoms with Crippen molar-refractivity contribution in [3.8, 4) is 0 Å². The molecule has 0 radical (unpaired) electrons. The van der Waals surface area contributed by atoms with Crippen LogP contribution in [0.15, 0.2) is 11.8 Å². The van der Waals surface area contributed by atoms with E-state index in [4.69, 9.17) is 4.74 Å². The van der Waals surface area contributed by atoms with Crippen molar-refractivity contribution in [3.63, 3.8) is 0 Å². The van der Waals surface area contributed by atoms with Gasteiger partial charge in [-0.3, -0.25) is 0 Å². The van der Waals surface area contributed by atoms with Gasteiger partial charge in [-0.2, -0.15) is 0 Å². The Kier molecular flexibility index (Phi) is 4.39. The lowest BCUT2D eigenvalue weighted by Gasteiger charge is -2.22. The predicted octanol–water partition coefficient (Wildman–Crippen LogP) is 3.35. The molecule has 1 rings (SSSR count). The zero-order chi connectivity index (χ0) is 12.2. The molecule has 1 aliphatic rings. The Morgan fingerprint density at radius 3 is 2.31 bits per heavy atom. The number of esters is 1. The second-order valence-electron chi connectivity index (χ2n) is 5.44. The van der Waals surface area contributed by atoms with Crippen LogP contribution in [0.2, 0.25) is 0 Å². The standard InChI is InChI=1S/C13H22O3/c1-13(2,3)16-12(15)9-11(14)10-7-5-4-6-8-10/h9-10,14H,4-8H2,1-3H3/b11-9-. The quantitative estimate of drug-likeness (QED) is 0.446. The van der Waals surface area contributed by atoms with Crippen molar-refractivity contribution < 1.29 is 14.6 Å². The number of carbonyl (C=O) groups excluding carboxylic acids is 1. The van der Waals surface area contributed by atoms with Crippen LogP contribution in [-0.2, 0) is 9.53 Å². The highest BCUT2D eigenvalue weighted by Crippen LogP contribution is 2.28. The number of aliphatic hydroxyl groups excluding tert-OH is 1. The predicted molar refractivity (Wildman–Crippen MR) is 63.1 cm³/mol. The lowest BCUT2D eigenvalue weighted by molar-refractivity contribution is -0.148. The van der Waals surface area contributed by atoms with Crippen LogP contribution in [0.1, 0.15) is 52.9 Å². The van der Waals surface area contributed by atoms with Crippen molar-refractivity contribution in [3.05, 3.63) is 11.8 Å². The molecule has 0 aromatic rings. The fourth-order valence-electron chi connectivity index (χ4n) is 1.97. The Hall–Kier alpha value is -0.990. The molecule has 0 aliphatic heterocycles. The van der Waals surface area contributed by atoms with Crippen LogP contribution in [0.25, 0.3) is 0 Å². The summed E-state index contributed by atoms with van der Waals surface area (Å²) >= 11 is 0. The number of hydrogen-bond acceptors (Lipinski definition) is 3. The molecular weight excluding hydrogens is 204 g/mol. The highest BCUT2D eigenvalue weighted by molar-refractivity contribution is 5.82. The van der Waals surface area contributed by atoms with Crippen LogP contribution in [0.3, 0.4) is 0 Å². The first-order valence-electron chi connectivity index (χ1n) is 6.02. The summed E-state index contributed by atoms with van der Waals surface area (Å²) in [5.41, 5.74) is -0.500. The summed E-state index contributed by atoms with van der Waals surface area (Å²) in [7, 11) is 0. The van der Waals surface area contributed by atoms with Gasteiger partial charge in [0.15, 0.2) is 0 Å². The third-order valence-corrected chi connectivity index (χ3v) is 2.70. The van der Waals surface area contributed by atoms with Crippen molar-refractivity contribution in [2.24, 2.45) is 5.92 Å². The van der Waals surface area contributed by atoms with Gasteiger partial charge in [0.1, 0.15) is 11.4 Å². The second-order valence-corrected chi connectivity index (χ2v) is 5.44. The van der Waals surface area contributed by atoms with Gasteiger partial charge in [-0.15, -0.1) is 0 Å². The number of carbonyl (C=O) groups is 1. The SMILES string of the molecule is CC(C)(C)OC(=O)/C=C(\O)C1CCCCC1. The van der Waals surface area contributed by atoms with E-state index >= 15 is 0 Å². The summed E-state index contributed by atoms with van der Waals surface area (Å²) in [5, 5.41) is 9.80. The molecule has 1 aliphatic carbocycles. The largest absolute Gasteiger partial charge is 0.512 e. The molecular formula is C13H22O3. The van der Waals surface area contributed by atoms with Gasteiger partial charge in [0.2, 0.25) is 0 Å². The molecule has 0 amide bonds. The van der Waals surface area contributed by atoms with Gasteiger partial charge < -0.3 is 9.84 Å². The van der Waals surface area contributed by atoms with Crippen LogP contribution < -0.4 is 0 Å². The number of ether oxygens (including phenoxy) is 1. The zero-order valence-electron chi connectivity index (χ0n) is 10.5. The van der Waals surface area contributed by atoms with Crippen LogP contribution in [0, 0.1) is 5.92 Å².